The Morgan fingerprint density at radius 1 is 1.06 bits per heavy atom. The zero-order valence-electron chi connectivity index (χ0n) is 19.2. The molecule has 0 aliphatic carbocycles. The molecule has 2 aromatic rings. The molecule has 0 spiro atoms. The fraction of sp³-hybridized carbons (Fsp3) is 0.458. The van der Waals surface area contributed by atoms with Crippen LogP contribution in [0.3, 0.4) is 0 Å². The van der Waals surface area contributed by atoms with E-state index in [-0.39, 0.29) is 23.2 Å². The predicted octanol–water partition coefficient (Wildman–Crippen LogP) is 4.32. The molecule has 2 aromatic carbocycles. The fourth-order valence-corrected chi connectivity index (χ4v) is 5.28. The van der Waals surface area contributed by atoms with Crippen LogP contribution in [-0.4, -0.2) is 44.9 Å². The molecule has 8 heteroatoms. The number of ether oxygens (including phenoxy) is 2. The first-order chi connectivity index (χ1) is 15.2. The van der Waals surface area contributed by atoms with Gasteiger partial charge in [-0.3, -0.25) is 4.79 Å². The van der Waals surface area contributed by atoms with Gasteiger partial charge in [-0.2, -0.15) is 4.31 Å². The van der Waals surface area contributed by atoms with Crippen molar-refractivity contribution in [3.05, 3.63) is 47.5 Å². The van der Waals surface area contributed by atoms with Gasteiger partial charge in [0.15, 0.2) is 6.61 Å². The summed E-state index contributed by atoms with van der Waals surface area (Å²) in [6.45, 7) is 9.08. The molecule has 1 fully saturated rings. The van der Waals surface area contributed by atoms with Crippen LogP contribution in [0.1, 0.15) is 50.7 Å². The van der Waals surface area contributed by atoms with Crippen LogP contribution in [0.15, 0.2) is 41.3 Å². The van der Waals surface area contributed by atoms with Crippen molar-refractivity contribution in [1.82, 2.24) is 4.31 Å². The number of carbonyl (C=O) groups excluding carboxylic acids is 1. The Bertz CT molecular complexity index is 1060. The Morgan fingerprint density at radius 2 is 1.78 bits per heavy atom. The van der Waals surface area contributed by atoms with Crippen LogP contribution in [0, 0.1) is 6.92 Å². The van der Waals surface area contributed by atoms with E-state index >= 15 is 0 Å². The summed E-state index contributed by atoms with van der Waals surface area (Å²) >= 11 is 0. The van der Waals surface area contributed by atoms with Crippen molar-refractivity contribution in [1.29, 1.82) is 0 Å². The van der Waals surface area contributed by atoms with Gasteiger partial charge in [-0.15, -0.1) is 0 Å². The van der Waals surface area contributed by atoms with Gasteiger partial charge in [-0.25, -0.2) is 8.42 Å². The Morgan fingerprint density at radius 3 is 2.44 bits per heavy atom. The SMILES string of the molecule is CCOc1ccc(NC(=O)COc2cc(C(C)C)ccc2C)cc1S(=O)(=O)N1CCCC1. The second-order valence-corrected chi connectivity index (χ2v) is 10.1. The Labute approximate surface area is 190 Å². The molecular weight excluding hydrogens is 428 g/mol. The third-order valence-corrected chi connectivity index (χ3v) is 7.37. The molecule has 0 saturated carbocycles. The first kappa shape index (κ1) is 24.1. The Kier molecular flexibility index (Phi) is 7.79. The van der Waals surface area contributed by atoms with Crippen molar-refractivity contribution in [2.75, 3.05) is 31.6 Å². The number of amides is 1. The molecule has 1 aliphatic rings. The van der Waals surface area contributed by atoms with Gasteiger partial charge >= 0.3 is 0 Å². The largest absolute Gasteiger partial charge is 0.492 e. The number of sulfonamides is 1. The van der Waals surface area contributed by atoms with Crippen molar-refractivity contribution < 1.29 is 22.7 Å². The van der Waals surface area contributed by atoms with Crippen molar-refractivity contribution in [2.24, 2.45) is 0 Å². The van der Waals surface area contributed by atoms with Crippen LogP contribution in [0.2, 0.25) is 0 Å². The van der Waals surface area contributed by atoms with E-state index in [4.69, 9.17) is 9.47 Å². The van der Waals surface area contributed by atoms with Gasteiger partial charge in [0.25, 0.3) is 5.91 Å². The number of nitrogens with one attached hydrogen (secondary N) is 1. The molecule has 1 saturated heterocycles. The minimum Gasteiger partial charge on any atom is -0.492 e. The second-order valence-electron chi connectivity index (χ2n) is 8.22. The smallest absolute Gasteiger partial charge is 0.262 e. The summed E-state index contributed by atoms with van der Waals surface area (Å²) in [5.41, 5.74) is 2.46. The fourth-order valence-electron chi connectivity index (χ4n) is 3.60. The normalized spacial score (nSPS) is 14.5. The van der Waals surface area contributed by atoms with Crippen LogP contribution in [0.25, 0.3) is 0 Å². The minimum absolute atomic E-state index is 0.0699. The number of hydrogen-bond donors (Lipinski definition) is 1. The molecule has 0 unspecified atom stereocenters. The lowest BCUT2D eigenvalue weighted by molar-refractivity contribution is -0.118. The van der Waals surface area contributed by atoms with Gasteiger partial charge in [-0.1, -0.05) is 26.0 Å². The molecule has 7 nitrogen and oxygen atoms in total. The molecular formula is C24H32N2O5S. The van der Waals surface area contributed by atoms with Crippen LogP contribution < -0.4 is 14.8 Å². The average molecular weight is 461 g/mol. The van der Waals surface area contributed by atoms with Crippen molar-refractivity contribution in [2.45, 2.75) is 51.3 Å². The van der Waals surface area contributed by atoms with Crippen molar-refractivity contribution >= 4 is 21.6 Å². The molecule has 1 heterocycles. The number of benzene rings is 2. The second kappa shape index (κ2) is 10.4. The van der Waals surface area contributed by atoms with E-state index in [1.807, 2.05) is 19.1 Å². The quantitative estimate of drug-likeness (QED) is 0.602. The van der Waals surface area contributed by atoms with Crippen molar-refractivity contribution in [3.63, 3.8) is 0 Å². The van der Waals surface area contributed by atoms with E-state index in [0.29, 0.717) is 37.1 Å². The number of aryl methyl sites for hydroxylation is 1. The highest BCUT2D eigenvalue weighted by molar-refractivity contribution is 7.89. The van der Waals surface area contributed by atoms with E-state index < -0.39 is 10.0 Å². The molecule has 174 valence electrons. The average Bonchev–Trinajstić information content (AvgIpc) is 3.30. The maximum absolute atomic E-state index is 13.1. The molecule has 1 N–H and O–H groups in total. The lowest BCUT2D eigenvalue weighted by Crippen LogP contribution is -2.28. The molecule has 0 bridgehead atoms. The van der Waals surface area contributed by atoms with Gasteiger partial charge in [0, 0.05) is 18.8 Å². The topological polar surface area (TPSA) is 84.9 Å². The highest BCUT2D eigenvalue weighted by atomic mass is 32.2. The monoisotopic (exact) mass is 460 g/mol. The lowest BCUT2D eigenvalue weighted by Gasteiger charge is -2.19. The Balaban J connectivity index is 1.74. The summed E-state index contributed by atoms with van der Waals surface area (Å²) < 4.78 is 39.0. The summed E-state index contributed by atoms with van der Waals surface area (Å²) in [5.74, 6) is 0.935. The van der Waals surface area contributed by atoms with Crippen LogP contribution >= 0.6 is 0 Å². The molecule has 32 heavy (non-hydrogen) atoms. The maximum Gasteiger partial charge on any atom is 0.262 e. The Hall–Kier alpha value is -2.58. The van der Waals surface area contributed by atoms with E-state index in [2.05, 4.69) is 25.2 Å². The van der Waals surface area contributed by atoms with Gasteiger partial charge in [-0.05, 0) is 68.0 Å². The molecule has 3 rings (SSSR count). The van der Waals surface area contributed by atoms with Crippen LogP contribution in [0.5, 0.6) is 11.5 Å². The van der Waals surface area contributed by atoms with Crippen LogP contribution in [-0.2, 0) is 14.8 Å². The first-order valence-corrected chi connectivity index (χ1v) is 12.5. The molecule has 1 amide bonds. The molecule has 0 radical (unpaired) electrons. The highest BCUT2D eigenvalue weighted by Gasteiger charge is 2.30. The van der Waals surface area contributed by atoms with Gasteiger partial charge in [0.1, 0.15) is 16.4 Å². The lowest BCUT2D eigenvalue weighted by atomic mass is 10.0. The highest BCUT2D eigenvalue weighted by Crippen LogP contribution is 2.32. The number of nitrogens with zero attached hydrogens (tertiary/aromatic N) is 1. The zero-order valence-corrected chi connectivity index (χ0v) is 20.0. The summed E-state index contributed by atoms with van der Waals surface area (Å²) in [6.07, 6.45) is 1.68. The van der Waals surface area contributed by atoms with Crippen molar-refractivity contribution in [3.8, 4) is 11.5 Å². The minimum atomic E-state index is -3.70. The third kappa shape index (κ3) is 5.61. The zero-order chi connectivity index (χ0) is 23.3. The summed E-state index contributed by atoms with van der Waals surface area (Å²) in [7, 11) is -3.70. The summed E-state index contributed by atoms with van der Waals surface area (Å²) in [5, 5.41) is 2.74. The van der Waals surface area contributed by atoms with E-state index in [1.54, 1.807) is 19.1 Å². The molecule has 1 aliphatic heterocycles. The van der Waals surface area contributed by atoms with E-state index in [1.165, 1.54) is 10.4 Å². The van der Waals surface area contributed by atoms with E-state index in [9.17, 15) is 13.2 Å². The maximum atomic E-state index is 13.1. The van der Waals surface area contributed by atoms with Gasteiger partial charge < -0.3 is 14.8 Å². The number of rotatable bonds is 9. The van der Waals surface area contributed by atoms with E-state index in [0.717, 1.165) is 24.0 Å². The number of anilines is 1. The summed E-state index contributed by atoms with van der Waals surface area (Å²) in [6, 6.07) is 10.7. The predicted molar refractivity (Wildman–Crippen MR) is 125 cm³/mol. The molecule has 0 atom stereocenters. The standard InChI is InChI=1S/C24H32N2O5S/c1-5-30-21-11-10-20(15-23(21)32(28,29)26-12-6-7-13-26)25-24(27)16-31-22-14-19(17(2)3)9-8-18(22)4/h8-11,14-15,17H,5-7,12-13,16H2,1-4H3,(H,25,27). The first-order valence-electron chi connectivity index (χ1n) is 11.0. The summed E-state index contributed by atoms with van der Waals surface area (Å²) in [4.78, 5) is 12.6. The van der Waals surface area contributed by atoms with Crippen LogP contribution in [0.4, 0.5) is 5.69 Å². The van der Waals surface area contributed by atoms with Gasteiger partial charge in [0.2, 0.25) is 10.0 Å². The number of hydrogen-bond acceptors (Lipinski definition) is 5. The number of carbonyl (C=O) groups is 1. The third-order valence-electron chi connectivity index (χ3n) is 5.45. The molecule has 0 aromatic heterocycles. The van der Waals surface area contributed by atoms with Gasteiger partial charge in [0.05, 0.1) is 6.61 Å².